The van der Waals surface area contributed by atoms with E-state index in [2.05, 4.69) is 15.3 Å². The Bertz CT molecular complexity index is 608. The van der Waals surface area contributed by atoms with Gasteiger partial charge in [-0.15, -0.1) is 22.7 Å². The topological polar surface area (TPSA) is 67.4 Å². The van der Waals surface area contributed by atoms with Gasteiger partial charge in [-0.05, 0) is 12.8 Å². The molecule has 0 aliphatic carbocycles. The van der Waals surface area contributed by atoms with Crippen molar-refractivity contribution in [3.8, 4) is 0 Å². The summed E-state index contributed by atoms with van der Waals surface area (Å²) in [7, 11) is 1.75. The van der Waals surface area contributed by atoms with Crippen LogP contribution in [-0.4, -0.2) is 41.2 Å². The number of amides is 2. The zero-order chi connectivity index (χ0) is 15.4. The summed E-state index contributed by atoms with van der Waals surface area (Å²) in [6, 6.07) is -0.164. The third-order valence-electron chi connectivity index (χ3n) is 3.58. The van der Waals surface area contributed by atoms with Gasteiger partial charge in [0.1, 0.15) is 5.01 Å². The van der Waals surface area contributed by atoms with E-state index in [0.717, 1.165) is 36.8 Å². The molecule has 0 saturated carbocycles. The van der Waals surface area contributed by atoms with E-state index >= 15 is 0 Å². The summed E-state index contributed by atoms with van der Waals surface area (Å²) in [5.74, 6) is 0.448. The molecule has 1 N–H and O–H groups in total. The average molecular weight is 338 g/mol. The first-order valence-electron chi connectivity index (χ1n) is 7.16. The lowest BCUT2D eigenvalue weighted by Gasteiger charge is -2.20. The Morgan fingerprint density at radius 3 is 3.00 bits per heavy atom. The number of nitrogens with zero attached hydrogens (tertiary/aromatic N) is 3. The van der Waals surface area contributed by atoms with Crippen molar-refractivity contribution in [3.63, 3.8) is 0 Å². The van der Waals surface area contributed by atoms with Crippen LogP contribution >= 0.6 is 22.7 Å². The molecule has 0 atom stereocenters. The summed E-state index contributed by atoms with van der Waals surface area (Å²) in [6.45, 7) is 2.09. The highest BCUT2D eigenvalue weighted by Gasteiger charge is 2.19. The van der Waals surface area contributed by atoms with Gasteiger partial charge in [-0.25, -0.2) is 14.8 Å². The summed E-state index contributed by atoms with van der Waals surface area (Å²) >= 11 is 3.01. The Hall–Kier alpha value is -1.51. The van der Waals surface area contributed by atoms with E-state index in [1.54, 1.807) is 29.5 Å². The minimum atomic E-state index is -0.164. The fourth-order valence-electron chi connectivity index (χ4n) is 2.32. The Kier molecular flexibility index (Phi) is 5.01. The number of rotatable bonds is 4. The van der Waals surface area contributed by atoms with E-state index in [-0.39, 0.29) is 6.03 Å². The molecule has 8 heteroatoms. The molecule has 1 aliphatic heterocycles. The van der Waals surface area contributed by atoms with E-state index < -0.39 is 0 Å². The van der Waals surface area contributed by atoms with Gasteiger partial charge in [0.15, 0.2) is 5.13 Å². The van der Waals surface area contributed by atoms with Gasteiger partial charge in [-0.3, -0.25) is 5.32 Å². The minimum Gasteiger partial charge on any atom is -0.381 e. The number of hydrogen-bond donors (Lipinski definition) is 1. The second-order valence-corrected chi connectivity index (χ2v) is 7.01. The van der Waals surface area contributed by atoms with Crippen LogP contribution in [-0.2, 0) is 11.3 Å². The first-order chi connectivity index (χ1) is 10.7. The zero-order valence-electron chi connectivity index (χ0n) is 12.3. The molecular weight excluding hydrogens is 320 g/mol. The van der Waals surface area contributed by atoms with E-state index in [1.807, 2.05) is 10.8 Å². The van der Waals surface area contributed by atoms with Crippen LogP contribution in [0.4, 0.5) is 9.93 Å². The second-order valence-electron chi connectivity index (χ2n) is 5.18. The fourth-order valence-corrected chi connectivity index (χ4v) is 3.77. The Morgan fingerprint density at radius 2 is 2.27 bits per heavy atom. The maximum Gasteiger partial charge on any atom is 0.323 e. The molecule has 0 spiro atoms. The summed E-state index contributed by atoms with van der Waals surface area (Å²) in [5.41, 5.74) is 1.06. The van der Waals surface area contributed by atoms with Crippen molar-refractivity contribution in [2.45, 2.75) is 25.3 Å². The van der Waals surface area contributed by atoms with Gasteiger partial charge in [-0.2, -0.15) is 0 Å². The smallest absolute Gasteiger partial charge is 0.323 e. The maximum absolute atomic E-state index is 12.2. The first kappa shape index (κ1) is 15.4. The minimum absolute atomic E-state index is 0.164. The second kappa shape index (κ2) is 7.17. The number of aromatic nitrogens is 2. The van der Waals surface area contributed by atoms with Crippen molar-refractivity contribution in [2.24, 2.45) is 0 Å². The van der Waals surface area contributed by atoms with Gasteiger partial charge in [0.25, 0.3) is 0 Å². The van der Waals surface area contributed by atoms with Gasteiger partial charge in [0.2, 0.25) is 0 Å². The Morgan fingerprint density at radius 1 is 1.45 bits per heavy atom. The SMILES string of the molecule is CN(Cc1nccs1)C(=O)Nc1nc(C2CCOCC2)cs1. The molecular formula is C14H18N4O2S2. The summed E-state index contributed by atoms with van der Waals surface area (Å²) in [5, 5.41) is 8.36. The number of carbonyl (C=O) groups excluding carboxylic acids is 1. The maximum atomic E-state index is 12.2. The van der Waals surface area contributed by atoms with Gasteiger partial charge in [-0.1, -0.05) is 0 Å². The van der Waals surface area contributed by atoms with Gasteiger partial charge < -0.3 is 9.64 Å². The number of hydrogen-bond acceptors (Lipinski definition) is 6. The predicted molar refractivity (Wildman–Crippen MR) is 87.5 cm³/mol. The number of anilines is 1. The highest BCUT2D eigenvalue weighted by Crippen LogP contribution is 2.29. The normalized spacial score (nSPS) is 15.7. The molecule has 0 unspecified atom stereocenters. The monoisotopic (exact) mass is 338 g/mol. The Balaban J connectivity index is 1.56. The summed E-state index contributed by atoms with van der Waals surface area (Å²) in [6.07, 6.45) is 3.74. The van der Waals surface area contributed by atoms with Gasteiger partial charge >= 0.3 is 6.03 Å². The zero-order valence-corrected chi connectivity index (χ0v) is 14.0. The van der Waals surface area contributed by atoms with Crippen LogP contribution in [0.2, 0.25) is 0 Å². The quantitative estimate of drug-likeness (QED) is 0.930. The molecule has 0 radical (unpaired) electrons. The molecule has 2 aromatic heterocycles. The molecule has 22 heavy (non-hydrogen) atoms. The van der Waals surface area contributed by atoms with E-state index in [0.29, 0.717) is 17.6 Å². The number of ether oxygens (including phenoxy) is 1. The molecule has 1 aliphatic rings. The van der Waals surface area contributed by atoms with Crippen LogP contribution < -0.4 is 5.32 Å². The molecule has 3 rings (SSSR count). The van der Waals surface area contributed by atoms with Crippen molar-refractivity contribution < 1.29 is 9.53 Å². The number of urea groups is 1. The average Bonchev–Trinajstić information content (AvgIpc) is 3.20. The molecule has 1 saturated heterocycles. The number of nitrogens with one attached hydrogen (secondary N) is 1. The molecule has 2 aromatic rings. The molecule has 3 heterocycles. The molecule has 118 valence electrons. The standard InChI is InChI=1S/C14H18N4O2S2/c1-18(8-12-15-4-7-21-12)14(19)17-13-16-11(9-22-13)10-2-5-20-6-3-10/h4,7,9-10H,2-3,5-6,8H2,1H3,(H,16,17,19). The number of thiazole rings is 2. The van der Waals surface area contributed by atoms with E-state index in [1.165, 1.54) is 11.3 Å². The van der Waals surface area contributed by atoms with Gasteiger partial charge in [0, 0.05) is 43.1 Å². The third kappa shape index (κ3) is 3.82. The van der Waals surface area contributed by atoms with Crippen molar-refractivity contribution in [2.75, 3.05) is 25.6 Å². The van der Waals surface area contributed by atoms with Crippen LogP contribution in [0.3, 0.4) is 0 Å². The summed E-state index contributed by atoms with van der Waals surface area (Å²) in [4.78, 5) is 22.5. The van der Waals surface area contributed by atoms with Gasteiger partial charge in [0.05, 0.1) is 12.2 Å². The van der Waals surface area contributed by atoms with Crippen molar-refractivity contribution >= 4 is 33.8 Å². The van der Waals surface area contributed by atoms with Crippen LogP contribution in [0.5, 0.6) is 0 Å². The van der Waals surface area contributed by atoms with Crippen molar-refractivity contribution in [1.29, 1.82) is 0 Å². The van der Waals surface area contributed by atoms with Crippen molar-refractivity contribution in [1.82, 2.24) is 14.9 Å². The highest BCUT2D eigenvalue weighted by molar-refractivity contribution is 7.14. The van der Waals surface area contributed by atoms with E-state index in [9.17, 15) is 4.79 Å². The molecule has 2 amide bonds. The fraction of sp³-hybridized carbons (Fsp3) is 0.500. The summed E-state index contributed by atoms with van der Waals surface area (Å²) < 4.78 is 5.37. The largest absolute Gasteiger partial charge is 0.381 e. The molecule has 0 aromatic carbocycles. The highest BCUT2D eigenvalue weighted by atomic mass is 32.1. The van der Waals surface area contributed by atoms with Crippen LogP contribution in [0.15, 0.2) is 17.0 Å². The molecule has 1 fully saturated rings. The molecule has 0 bridgehead atoms. The molecule has 6 nitrogen and oxygen atoms in total. The lowest BCUT2D eigenvalue weighted by atomic mass is 9.98. The lowest BCUT2D eigenvalue weighted by molar-refractivity contribution is 0.0846. The number of carbonyl (C=O) groups is 1. The first-order valence-corrected chi connectivity index (χ1v) is 8.92. The van der Waals surface area contributed by atoms with Crippen LogP contribution in [0, 0.1) is 0 Å². The van der Waals surface area contributed by atoms with Crippen molar-refractivity contribution in [3.05, 3.63) is 27.7 Å². The lowest BCUT2D eigenvalue weighted by Crippen LogP contribution is -2.30. The van der Waals surface area contributed by atoms with Crippen LogP contribution in [0.25, 0.3) is 0 Å². The van der Waals surface area contributed by atoms with E-state index in [4.69, 9.17) is 4.74 Å². The van der Waals surface area contributed by atoms with Crippen LogP contribution in [0.1, 0.15) is 29.5 Å². The Labute approximate surface area is 137 Å². The predicted octanol–water partition coefficient (Wildman–Crippen LogP) is 3.16. The third-order valence-corrected chi connectivity index (χ3v) is 5.12.